The molecule has 16 heteroatoms. The number of rotatable bonds is 15. The number of methoxy groups -OCH3 is 3. The Morgan fingerprint density at radius 3 is 0.859 bits per heavy atom. The molecule has 1 fully saturated rings. The first-order valence-corrected chi connectivity index (χ1v) is 20.2. The molecule has 15 nitrogen and oxygen atoms in total. The van der Waals surface area contributed by atoms with E-state index in [9.17, 15) is 29.7 Å². The second-order valence-electron chi connectivity index (χ2n) is 15.1. The number of carboxylic acids is 3. The van der Waals surface area contributed by atoms with Crippen molar-refractivity contribution in [2.45, 2.75) is 19.6 Å². The number of benzene rings is 3. The Balaban J connectivity index is 0.00000680. The summed E-state index contributed by atoms with van der Waals surface area (Å²) in [6, 6.07) is 31.9. The molecule has 0 amide bonds. The van der Waals surface area contributed by atoms with E-state index in [1.165, 1.54) is 18.2 Å². The van der Waals surface area contributed by atoms with Crippen LogP contribution in [0.3, 0.4) is 0 Å². The number of carboxylic acid groups (broad SMARTS) is 3. The fourth-order valence-electron chi connectivity index (χ4n) is 7.52. The Kier molecular flexibility index (Phi) is 16.7. The Morgan fingerprint density at radius 2 is 0.656 bits per heavy atom. The van der Waals surface area contributed by atoms with Crippen LogP contribution in [-0.2, 0) is 19.6 Å². The van der Waals surface area contributed by atoms with Crippen LogP contribution < -0.4 is 29.5 Å². The van der Waals surface area contributed by atoms with E-state index in [0.29, 0.717) is 110 Å². The summed E-state index contributed by atoms with van der Waals surface area (Å²) in [5.41, 5.74) is 5.33. The van der Waals surface area contributed by atoms with Crippen molar-refractivity contribution in [2.75, 3.05) is 60.6 Å². The Hall–Kier alpha value is -5.62. The Labute approximate surface area is 411 Å². The molecule has 0 radical (unpaired) electrons. The van der Waals surface area contributed by atoms with Gasteiger partial charge in [0.05, 0.1) is 73.4 Å². The molecule has 328 valence electrons. The van der Waals surface area contributed by atoms with Crippen LogP contribution in [0.25, 0.3) is 33.4 Å². The maximum absolute atomic E-state index is 12.2. The molecule has 0 unspecified atom stereocenters. The number of hydrogen-bond donors (Lipinski definition) is 0. The van der Waals surface area contributed by atoms with Crippen molar-refractivity contribution in [3.63, 3.8) is 0 Å². The van der Waals surface area contributed by atoms with Gasteiger partial charge in [-0.1, -0.05) is 36.4 Å². The quantitative estimate of drug-likeness (QED) is 0.146. The normalized spacial score (nSPS) is 13.7. The van der Waals surface area contributed by atoms with Gasteiger partial charge < -0.3 is 43.9 Å². The minimum atomic E-state index is -1.39. The fraction of sp³-hybridized carbons (Fsp3) is 0.250. The van der Waals surface area contributed by atoms with E-state index in [0.717, 1.165) is 16.7 Å². The molecular weight excluding hydrogens is 957 g/mol. The van der Waals surface area contributed by atoms with E-state index < -0.39 is 17.9 Å². The smallest absolute Gasteiger partial charge is 0.543 e. The molecule has 4 heterocycles. The summed E-state index contributed by atoms with van der Waals surface area (Å²) in [5, 5.41) is 36.6. The number of aromatic carboxylic acids is 3. The third-order valence-corrected chi connectivity index (χ3v) is 10.9. The van der Waals surface area contributed by atoms with Crippen molar-refractivity contribution in [1.82, 2.24) is 29.7 Å². The maximum Gasteiger partial charge on any atom is 3.00 e. The first kappa shape index (κ1) is 47.9. The van der Waals surface area contributed by atoms with Gasteiger partial charge in [-0.2, -0.15) is 0 Å². The van der Waals surface area contributed by atoms with Gasteiger partial charge in [0.2, 0.25) is 0 Å². The average Bonchev–Trinajstić information content (AvgIpc) is 3.39. The summed E-state index contributed by atoms with van der Waals surface area (Å²) >= 11 is 0. The number of carbonyl (C=O) groups is 3. The Morgan fingerprint density at radius 1 is 0.422 bits per heavy atom. The van der Waals surface area contributed by atoms with Gasteiger partial charge in [-0.05, 0) is 106 Å². The first-order chi connectivity index (χ1) is 30.5. The predicted molar refractivity (Wildman–Crippen MR) is 227 cm³/mol. The second kappa shape index (κ2) is 22.3. The van der Waals surface area contributed by atoms with Crippen molar-refractivity contribution in [1.29, 1.82) is 0 Å². The molecule has 1 saturated heterocycles. The fourth-order valence-corrected chi connectivity index (χ4v) is 7.52. The van der Waals surface area contributed by atoms with E-state index in [2.05, 4.69) is 29.7 Å². The summed E-state index contributed by atoms with van der Waals surface area (Å²) in [6.45, 7) is 4.11. The van der Waals surface area contributed by atoms with Crippen molar-refractivity contribution < 1.29 is 93.3 Å². The third-order valence-electron chi connectivity index (χ3n) is 10.9. The van der Waals surface area contributed by atoms with Crippen LogP contribution in [0.1, 0.15) is 48.5 Å². The van der Waals surface area contributed by atoms with Gasteiger partial charge >= 0.3 is 49.4 Å². The molecule has 0 bridgehead atoms. The van der Waals surface area contributed by atoms with Crippen LogP contribution in [-0.4, -0.2) is 108 Å². The van der Waals surface area contributed by atoms with Crippen molar-refractivity contribution in [3.05, 3.63) is 143 Å². The van der Waals surface area contributed by atoms with Gasteiger partial charge in [0, 0.05) is 58.9 Å². The van der Waals surface area contributed by atoms with E-state index in [-0.39, 0.29) is 66.5 Å². The Bertz CT molecular complexity index is 2280. The monoisotopic (exact) mass is 1000 g/mol. The van der Waals surface area contributed by atoms with Crippen LogP contribution >= 0.6 is 0 Å². The van der Waals surface area contributed by atoms with Gasteiger partial charge in [-0.15, -0.1) is 0 Å². The van der Waals surface area contributed by atoms with Gasteiger partial charge in [0.1, 0.15) is 17.2 Å². The summed E-state index contributed by atoms with van der Waals surface area (Å²) in [4.78, 5) is 56.5. The SMILES string of the molecule is COc1ccc(-c2cc(CN3CCN(Cc4cc(-c5ccc(OC)cc5)cc(C(=O)[O-])n4)CCN(Cc4cc(-c5ccc(OC)cc5)cc(C(=O)[O-])n4)CC3)nc(C(=O)[O-])c2)cc1.[Eu+3]. The van der Waals surface area contributed by atoms with Gasteiger partial charge in [0.25, 0.3) is 0 Å². The molecule has 1 aliphatic heterocycles. The summed E-state index contributed by atoms with van der Waals surface area (Å²) in [7, 11) is 4.72. The number of ether oxygens (including phenoxy) is 3. The van der Waals surface area contributed by atoms with Gasteiger partial charge in [-0.25, -0.2) is 0 Å². The number of pyridine rings is 3. The van der Waals surface area contributed by atoms with Gasteiger partial charge in [0.15, 0.2) is 0 Å². The molecule has 0 spiro atoms. The van der Waals surface area contributed by atoms with Crippen LogP contribution in [0.15, 0.2) is 109 Å². The minimum Gasteiger partial charge on any atom is -0.543 e. The van der Waals surface area contributed by atoms with E-state index in [1.54, 1.807) is 57.7 Å². The topological polar surface area (TPSA) is 196 Å². The molecule has 1 aliphatic rings. The number of aromatic nitrogens is 3. The standard InChI is InChI=1S/C48H48N6O9.Eu/c1-61-40-10-4-31(5-11-40)34-22-37(49-43(25-34)46(55)56)28-52-16-18-53(29-38-23-35(26-44(50-38)47(57)58)32-6-12-41(62-2)13-7-32)20-21-54(19-17-52)30-39-24-36(27-45(51-39)48(59)60)33-8-14-42(63-3)15-9-33;/h4-15,22-27H,16-21,28-30H2,1-3H3,(H,55,56)(H,57,58)(H,59,60);/q;+3/p-3. The minimum absolute atomic E-state index is 0. The first-order valence-electron chi connectivity index (χ1n) is 20.2. The largest absolute Gasteiger partial charge is 3.00 e. The number of hydrogen-bond acceptors (Lipinski definition) is 15. The average molecular weight is 1000 g/mol. The third kappa shape index (κ3) is 12.6. The van der Waals surface area contributed by atoms with Crippen molar-refractivity contribution >= 4 is 17.9 Å². The molecule has 6 aromatic rings. The zero-order valence-electron chi connectivity index (χ0n) is 35.5. The van der Waals surface area contributed by atoms with Crippen LogP contribution in [0.5, 0.6) is 17.2 Å². The van der Waals surface area contributed by atoms with E-state index in [1.807, 2.05) is 54.6 Å². The molecule has 64 heavy (non-hydrogen) atoms. The molecule has 0 atom stereocenters. The van der Waals surface area contributed by atoms with Crippen molar-refractivity contribution in [2.24, 2.45) is 0 Å². The summed E-state index contributed by atoms with van der Waals surface area (Å²) in [6.07, 6.45) is 0. The molecule has 0 aliphatic carbocycles. The number of carbonyl (C=O) groups excluding carboxylic acids is 3. The summed E-state index contributed by atoms with van der Waals surface area (Å²) < 4.78 is 15.9. The molecule has 0 N–H and O–H groups in total. The van der Waals surface area contributed by atoms with Crippen LogP contribution in [0.4, 0.5) is 0 Å². The van der Waals surface area contributed by atoms with Crippen LogP contribution in [0.2, 0.25) is 0 Å². The zero-order chi connectivity index (χ0) is 44.5. The second-order valence-corrected chi connectivity index (χ2v) is 15.1. The zero-order valence-corrected chi connectivity index (χ0v) is 37.9. The van der Waals surface area contributed by atoms with Crippen molar-refractivity contribution in [3.8, 4) is 50.6 Å². The number of nitrogens with zero attached hydrogens (tertiary/aromatic N) is 6. The summed E-state index contributed by atoms with van der Waals surface area (Å²) in [5.74, 6) is -2.19. The van der Waals surface area contributed by atoms with Crippen LogP contribution in [0, 0.1) is 49.4 Å². The molecule has 7 rings (SSSR count). The van der Waals surface area contributed by atoms with Gasteiger partial charge in [-0.3, -0.25) is 29.7 Å². The van der Waals surface area contributed by atoms with E-state index >= 15 is 0 Å². The maximum atomic E-state index is 12.2. The molecular formula is C48H45EuN6O9. The van der Waals surface area contributed by atoms with E-state index in [4.69, 9.17) is 14.2 Å². The predicted octanol–water partition coefficient (Wildman–Crippen LogP) is 2.81. The molecule has 3 aromatic heterocycles. The molecule has 3 aromatic carbocycles. The molecule has 0 saturated carbocycles.